The average molecular weight is 262 g/mol. The summed E-state index contributed by atoms with van der Waals surface area (Å²) in [4.78, 5) is 36.6. The van der Waals surface area contributed by atoms with Crippen molar-refractivity contribution < 1.29 is 19.5 Å². The highest BCUT2D eigenvalue weighted by Gasteiger charge is 2.48. The second-order valence-electron chi connectivity index (χ2n) is 4.38. The van der Waals surface area contributed by atoms with Gasteiger partial charge in [0.1, 0.15) is 17.5 Å². The van der Waals surface area contributed by atoms with Gasteiger partial charge in [-0.3, -0.25) is 24.0 Å². The van der Waals surface area contributed by atoms with Gasteiger partial charge in [0.05, 0.1) is 11.8 Å². The van der Waals surface area contributed by atoms with E-state index >= 15 is 0 Å². The maximum atomic E-state index is 12.0. The number of aryl methyl sites for hydroxylation is 1. The van der Waals surface area contributed by atoms with Crippen molar-refractivity contribution in [2.24, 2.45) is 7.05 Å². The Morgan fingerprint density at radius 3 is 2.79 bits per heavy atom. The first-order valence-electron chi connectivity index (χ1n) is 5.54. The smallest absolute Gasteiger partial charge is 0.296 e. The van der Waals surface area contributed by atoms with E-state index in [9.17, 15) is 19.5 Å². The van der Waals surface area contributed by atoms with Crippen molar-refractivity contribution in [2.45, 2.75) is 13.1 Å². The average Bonchev–Trinajstić information content (AvgIpc) is 2.81. The molecule has 3 rings (SSSR count). The van der Waals surface area contributed by atoms with Crippen molar-refractivity contribution in [3.05, 3.63) is 23.1 Å². The minimum Gasteiger partial charge on any atom is -0.503 e. The minimum atomic E-state index is -0.972. The van der Waals surface area contributed by atoms with Crippen molar-refractivity contribution in [2.75, 3.05) is 4.90 Å². The lowest BCUT2D eigenvalue weighted by Gasteiger charge is -2.31. The number of aliphatic hydroxyl groups is 1. The van der Waals surface area contributed by atoms with Crippen molar-refractivity contribution >= 4 is 23.4 Å². The van der Waals surface area contributed by atoms with Gasteiger partial charge in [-0.2, -0.15) is 5.10 Å². The fourth-order valence-corrected chi connectivity index (χ4v) is 2.40. The molecule has 0 aromatic carbocycles. The molecule has 2 aliphatic heterocycles. The molecule has 1 aromatic heterocycles. The third-order valence-electron chi connectivity index (χ3n) is 3.24. The van der Waals surface area contributed by atoms with Gasteiger partial charge in [0.2, 0.25) is 0 Å². The van der Waals surface area contributed by atoms with Crippen molar-refractivity contribution in [1.82, 2.24) is 15.1 Å². The largest absolute Gasteiger partial charge is 0.503 e. The van der Waals surface area contributed by atoms with Crippen LogP contribution in [-0.2, 0) is 16.6 Å². The Hall–Kier alpha value is -2.64. The number of nitrogens with one attached hydrogen (secondary N) is 1. The van der Waals surface area contributed by atoms with Crippen LogP contribution < -0.4 is 10.2 Å². The molecule has 8 nitrogen and oxygen atoms in total. The van der Waals surface area contributed by atoms with Crippen LogP contribution in [0.4, 0.5) is 5.82 Å². The predicted molar refractivity (Wildman–Crippen MR) is 62.3 cm³/mol. The van der Waals surface area contributed by atoms with Crippen LogP contribution in [0.15, 0.2) is 17.5 Å². The van der Waals surface area contributed by atoms with E-state index in [-0.39, 0.29) is 17.0 Å². The Labute approximate surface area is 107 Å². The number of rotatable bonds is 1. The van der Waals surface area contributed by atoms with Gasteiger partial charge in [-0.15, -0.1) is 0 Å². The lowest BCUT2D eigenvalue weighted by Crippen LogP contribution is -2.53. The van der Waals surface area contributed by atoms with Crippen molar-refractivity contribution in [3.63, 3.8) is 0 Å². The molecular formula is C11H10N4O4. The number of hydrogen-bond acceptors (Lipinski definition) is 5. The van der Waals surface area contributed by atoms with Crippen LogP contribution in [0.2, 0.25) is 0 Å². The Morgan fingerprint density at radius 1 is 1.47 bits per heavy atom. The fraction of sp³-hybridized carbons (Fsp3) is 0.273. The van der Waals surface area contributed by atoms with Crippen LogP contribution in [0.3, 0.4) is 0 Å². The molecule has 0 fully saturated rings. The number of amides is 2. The summed E-state index contributed by atoms with van der Waals surface area (Å²) in [5.41, 5.74) is 0.120. The quantitative estimate of drug-likeness (QED) is 0.692. The second kappa shape index (κ2) is 3.44. The van der Waals surface area contributed by atoms with Crippen LogP contribution in [0.5, 0.6) is 0 Å². The Balaban J connectivity index is 2.22. The van der Waals surface area contributed by atoms with Gasteiger partial charge >= 0.3 is 0 Å². The zero-order chi connectivity index (χ0) is 13.9. The van der Waals surface area contributed by atoms with E-state index < -0.39 is 29.5 Å². The number of carbonyl (C=O) groups is 3. The van der Waals surface area contributed by atoms with Gasteiger partial charge < -0.3 is 10.4 Å². The summed E-state index contributed by atoms with van der Waals surface area (Å²) in [7, 11) is 1.57. The topological polar surface area (TPSA) is 105 Å². The molecule has 0 bridgehead atoms. The molecule has 98 valence electrons. The summed E-state index contributed by atoms with van der Waals surface area (Å²) < 4.78 is 1.36. The minimum absolute atomic E-state index is 0.106. The van der Waals surface area contributed by atoms with Gasteiger partial charge in [0.15, 0.2) is 11.5 Å². The number of ketones is 1. The van der Waals surface area contributed by atoms with Gasteiger partial charge in [0, 0.05) is 7.05 Å². The highest BCUT2D eigenvalue weighted by atomic mass is 16.3. The SMILES string of the molecule is CC(=O)C1=C(O)C(=O)N2c3c(cnn3C)C(=O)NC12. The molecule has 0 saturated carbocycles. The molecule has 3 heterocycles. The molecule has 1 aromatic rings. The van der Waals surface area contributed by atoms with Crippen LogP contribution in [0.25, 0.3) is 0 Å². The molecule has 2 aliphatic rings. The highest BCUT2D eigenvalue weighted by molar-refractivity contribution is 6.19. The molecule has 19 heavy (non-hydrogen) atoms. The van der Waals surface area contributed by atoms with Gasteiger partial charge in [-0.1, -0.05) is 0 Å². The molecule has 0 spiro atoms. The first-order chi connectivity index (χ1) is 8.93. The first-order valence-corrected chi connectivity index (χ1v) is 5.54. The number of fused-ring (bicyclic) bond motifs is 3. The summed E-state index contributed by atoms with van der Waals surface area (Å²) in [6.45, 7) is 1.23. The summed E-state index contributed by atoms with van der Waals surface area (Å²) >= 11 is 0. The maximum Gasteiger partial charge on any atom is 0.296 e. The van der Waals surface area contributed by atoms with E-state index in [2.05, 4.69) is 10.4 Å². The standard InChI is InChI=1S/C11H10N4O4/c1-4(16)6-7(17)11(19)15-8(6)13-9(18)5-3-12-14(2)10(5)15/h3,8,17H,1-2H3,(H,13,18). The molecule has 2 amide bonds. The number of aliphatic hydroxyl groups excluding tert-OH is 1. The summed E-state index contributed by atoms with van der Waals surface area (Å²) in [6, 6.07) is 0. The number of nitrogens with zero attached hydrogens (tertiary/aromatic N) is 3. The molecule has 2 N–H and O–H groups in total. The zero-order valence-corrected chi connectivity index (χ0v) is 10.2. The van der Waals surface area contributed by atoms with E-state index in [1.165, 1.54) is 17.8 Å². The monoisotopic (exact) mass is 262 g/mol. The Morgan fingerprint density at radius 2 is 2.16 bits per heavy atom. The number of hydrogen-bond donors (Lipinski definition) is 2. The van der Waals surface area contributed by atoms with Crippen molar-refractivity contribution in [3.8, 4) is 0 Å². The van der Waals surface area contributed by atoms with Crippen LogP contribution >= 0.6 is 0 Å². The lowest BCUT2D eigenvalue weighted by molar-refractivity contribution is -0.117. The summed E-state index contributed by atoms with van der Waals surface area (Å²) in [6.07, 6.45) is 0.358. The lowest BCUT2D eigenvalue weighted by atomic mass is 10.1. The summed E-state index contributed by atoms with van der Waals surface area (Å²) in [5.74, 6) is -2.00. The molecular weight excluding hydrogens is 252 g/mol. The van der Waals surface area contributed by atoms with Gasteiger partial charge in [0.25, 0.3) is 11.8 Å². The highest BCUT2D eigenvalue weighted by Crippen LogP contribution is 2.34. The Bertz CT molecular complexity index is 672. The molecule has 0 radical (unpaired) electrons. The summed E-state index contributed by atoms with van der Waals surface area (Å²) in [5, 5.41) is 16.2. The number of aromatic nitrogens is 2. The third-order valence-corrected chi connectivity index (χ3v) is 3.24. The van der Waals surface area contributed by atoms with E-state index in [1.54, 1.807) is 7.05 Å². The van der Waals surface area contributed by atoms with Crippen LogP contribution in [0, 0.1) is 0 Å². The van der Waals surface area contributed by atoms with Gasteiger partial charge in [-0.25, -0.2) is 0 Å². The number of carbonyl (C=O) groups excluding carboxylic acids is 3. The van der Waals surface area contributed by atoms with E-state index in [0.717, 1.165) is 4.90 Å². The second-order valence-corrected chi connectivity index (χ2v) is 4.38. The van der Waals surface area contributed by atoms with E-state index in [4.69, 9.17) is 0 Å². The molecule has 8 heteroatoms. The zero-order valence-electron chi connectivity index (χ0n) is 10.2. The predicted octanol–water partition coefficient (Wildman–Crippen LogP) is -0.763. The molecule has 1 atom stereocenters. The molecule has 1 unspecified atom stereocenters. The van der Waals surface area contributed by atoms with E-state index in [1.807, 2.05) is 0 Å². The maximum absolute atomic E-state index is 12.0. The van der Waals surface area contributed by atoms with Gasteiger partial charge in [-0.05, 0) is 6.92 Å². The molecule has 0 saturated heterocycles. The molecule has 0 aliphatic carbocycles. The third kappa shape index (κ3) is 1.28. The number of Topliss-reactive ketones (excluding diaryl/α,β-unsaturated/α-hetero) is 1. The normalized spacial score (nSPS) is 21.4. The van der Waals surface area contributed by atoms with Crippen molar-refractivity contribution in [1.29, 1.82) is 0 Å². The first kappa shape index (κ1) is 11.5. The van der Waals surface area contributed by atoms with Crippen LogP contribution in [-0.4, -0.2) is 38.7 Å². The van der Waals surface area contributed by atoms with E-state index in [0.29, 0.717) is 0 Å². The van der Waals surface area contributed by atoms with Crippen LogP contribution in [0.1, 0.15) is 17.3 Å². The number of anilines is 1. The fourth-order valence-electron chi connectivity index (χ4n) is 2.40. The Kier molecular flexibility index (Phi) is 2.07.